The van der Waals surface area contributed by atoms with E-state index in [0.717, 1.165) is 12.6 Å². The third-order valence-corrected chi connectivity index (χ3v) is 3.24. The van der Waals surface area contributed by atoms with Crippen molar-refractivity contribution in [3.8, 4) is 0 Å². The first-order chi connectivity index (χ1) is 9.86. The number of hydrogen-bond acceptors (Lipinski definition) is 3. The van der Waals surface area contributed by atoms with Gasteiger partial charge in [0.05, 0.1) is 24.7 Å². The summed E-state index contributed by atoms with van der Waals surface area (Å²) in [6, 6.07) is 3.76. The van der Waals surface area contributed by atoms with Crippen molar-refractivity contribution in [2.45, 2.75) is 25.6 Å². The number of benzene rings is 1. The van der Waals surface area contributed by atoms with Crippen LogP contribution in [0, 0.1) is 6.92 Å². The van der Waals surface area contributed by atoms with E-state index in [1.54, 1.807) is 0 Å². The van der Waals surface area contributed by atoms with Crippen LogP contribution < -0.4 is 10.6 Å². The molecule has 7 heteroatoms. The quantitative estimate of drug-likeness (QED) is 0.901. The fourth-order valence-electron chi connectivity index (χ4n) is 2.17. The van der Waals surface area contributed by atoms with Crippen molar-refractivity contribution >= 4 is 11.6 Å². The summed E-state index contributed by atoms with van der Waals surface area (Å²) in [7, 11) is 0. The number of anilines is 1. The molecule has 21 heavy (non-hydrogen) atoms. The van der Waals surface area contributed by atoms with Crippen LogP contribution in [0.2, 0.25) is 0 Å². The van der Waals surface area contributed by atoms with Crippen LogP contribution in [0.15, 0.2) is 18.2 Å². The molecular weight excluding hydrogens is 285 g/mol. The van der Waals surface area contributed by atoms with Gasteiger partial charge >= 0.3 is 6.18 Å². The predicted octanol–water partition coefficient (Wildman–Crippen LogP) is 2.33. The minimum Gasteiger partial charge on any atom is -0.375 e. The van der Waals surface area contributed by atoms with Gasteiger partial charge in [0.1, 0.15) is 0 Å². The summed E-state index contributed by atoms with van der Waals surface area (Å²) in [6.45, 7) is 3.22. The highest BCUT2D eigenvalue weighted by atomic mass is 19.4. The standard InChI is InChI=1S/C14H17F3N2O2/c1-9-2-3-10(6-12(9)14(15,16)17)19-13(20)7-11-8-18-4-5-21-11/h2-3,6,11,18H,4-5,7-8H2,1H3,(H,19,20). The molecule has 1 aromatic carbocycles. The number of aryl methyl sites for hydroxylation is 1. The van der Waals surface area contributed by atoms with Crippen LogP contribution in [0.5, 0.6) is 0 Å². The van der Waals surface area contributed by atoms with Gasteiger partial charge in [-0.2, -0.15) is 13.2 Å². The number of carbonyl (C=O) groups excluding carboxylic acids is 1. The molecule has 0 aromatic heterocycles. The zero-order valence-corrected chi connectivity index (χ0v) is 11.6. The van der Waals surface area contributed by atoms with Crippen molar-refractivity contribution in [3.05, 3.63) is 29.3 Å². The van der Waals surface area contributed by atoms with E-state index in [4.69, 9.17) is 4.74 Å². The normalized spacial score (nSPS) is 19.3. The van der Waals surface area contributed by atoms with Gasteiger partial charge in [0.25, 0.3) is 0 Å². The van der Waals surface area contributed by atoms with Crippen LogP contribution in [0.1, 0.15) is 17.5 Å². The first kappa shape index (κ1) is 15.8. The Hall–Kier alpha value is -1.60. The summed E-state index contributed by atoms with van der Waals surface area (Å²) < 4.78 is 43.8. The van der Waals surface area contributed by atoms with E-state index < -0.39 is 11.7 Å². The second kappa shape index (κ2) is 6.44. The largest absolute Gasteiger partial charge is 0.416 e. The molecule has 0 saturated carbocycles. The number of nitrogens with one attached hydrogen (secondary N) is 2. The van der Waals surface area contributed by atoms with Crippen molar-refractivity contribution < 1.29 is 22.7 Å². The zero-order valence-electron chi connectivity index (χ0n) is 11.6. The molecule has 1 aliphatic heterocycles. The lowest BCUT2D eigenvalue weighted by Crippen LogP contribution is -2.40. The molecule has 4 nitrogen and oxygen atoms in total. The van der Waals surface area contributed by atoms with E-state index in [0.29, 0.717) is 13.2 Å². The van der Waals surface area contributed by atoms with Crippen LogP contribution >= 0.6 is 0 Å². The maximum Gasteiger partial charge on any atom is 0.416 e. The number of rotatable bonds is 3. The molecule has 116 valence electrons. The van der Waals surface area contributed by atoms with E-state index in [1.165, 1.54) is 19.1 Å². The van der Waals surface area contributed by atoms with E-state index in [2.05, 4.69) is 10.6 Å². The molecule has 0 aliphatic carbocycles. The molecule has 1 atom stereocenters. The molecule has 1 fully saturated rings. The van der Waals surface area contributed by atoms with Gasteiger partial charge in [-0.3, -0.25) is 4.79 Å². The number of carbonyl (C=O) groups is 1. The Balaban J connectivity index is 2.00. The number of alkyl halides is 3. The molecule has 1 aromatic rings. The first-order valence-electron chi connectivity index (χ1n) is 6.66. The Morgan fingerprint density at radius 1 is 1.48 bits per heavy atom. The maximum absolute atomic E-state index is 12.8. The highest BCUT2D eigenvalue weighted by molar-refractivity contribution is 5.91. The van der Waals surface area contributed by atoms with Crippen molar-refractivity contribution in [2.75, 3.05) is 25.0 Å². The van der Waals surface area contributed by atoms with Crippen LogP contribution in [-0.2, 0) is 15.7 Å². The van der Waals surface area contributed by atoms with E-state index in [9.17, 15) is 18.0 Å². The van der Waals surface area contributed by atoms with Gasteiger partial charge in [0, 0.05) is 18.8 Å². The third kappa shape index (κ3) is 4.44. The van der Waals surface area contributed by atoms with Crippen LogP contribution in [0.3, 0.4) is 0 Å². The Kier molecular flexibility index (Phi) is 4.84. The molecule has 0 spiro atoms. The highest BCUT2D eigenvalue weighted by Crippen LogP contribution is 2.33. The lowest BCUT2D eigenvalue weighted by molar-refractivity contribution is -0.138. The molecular formula is C14H17F3N2O2. The monoisotopic (exact) mass is 302 g/mol. The smallest absolute Gasteiger partial charge is 0.375 e. The molecule has 1 saturated heterocycles. The summed E-state index contributed by atoms with van der Waals surface area (Å²) in [4.78, 5) is 11.8. The van der Waals surface area contributed by atoms with Gasteiger partial charge in [-0.05, 0) is 24.6 Å². The summed E-state index contributed by atoms with van der Waals surface area (Å²) in [5, 5.41) is 5.57. The Morgan fingerprint density at radius 2 is 2.24 bits per heavy atom. The molecule has 0 radical (unpaired) electrons. The average molecular weight is 302 g/mol. The van der Waals surface area contributed by atoms with Gasteiger partial charge < -0.3 is 15.4 Å². The Labute approximate surface area is 120 Å². The second-order valence-corrected chi connectivity index (χ2v) is 4.98. The predicted molar refractivity (Wildman–Crippen MR) is 72.0 cm³/mol. The fraction of sp³-hybridized carbons (Fsp3) is 0.500. The molecule has 1 unspecified atom stereocenters. The summed E-state index contributed by atoms with van der Waals surface area (Å²) in [5.74, 6) is -0.360. The van der Waals surface area contributed by atoms with Gasteiger partial charge in [-0.15, -0.1) is 0 Å². The van der Waals surface area contributed by atoms with E-state index >= 15 is 0 Å². The van der Waals surface area contributed by atoms with Crippen LogP contribution in [-0.4, -0.2) is 31.7 Å². The van der Waals surface area contributed by atoms with Crippen molar-refractivity contribution in [3.63, 3.8) is 0 Å². The van der Waals surface area contributed by atoms with Crippen LogP contribution in [0.25, 0.3) is 0 Å². The lowest BCUT2D eigenvalue weighted by atomic mass is 10.1. The van der Waals surface area contributed by atoms with E-state index in [-0.39, 0.29) is 29.7 Å². The molecule has 2 rings (SSSR count). The number of hydrogen-bond donors (Lipinski definition) is 2. The summed E-state index contributed by atoms with van der Waals surface area (Å²) >= 11 is 0. The van der Waals surface area contributed by atoms with Gasteiger partial charge in [-0.1, -0.05) is 6.07 Å². The number of ether oxygens (including phenoxy) is 1. The molecule has 0 bridgehead atoms. The lowest BCUT2D eigenvalue weighted by Gasteiger charge is -2.23. The topological polar surface area (TPSA) is 50.4 Å². The fourth-order valence-corrected chi connectivity index (χ4v) is 2.17. The molecule has 1 aliphatic rings. The van der Waals surface area contributed by atoms with Gasteiger partial charge in [0.15, 0.2) is 0 Å². The molecule has 1 heterocycles. The van der Waals surface area contributed by atoms with Gasteiger partial charge in [-0.25, -0.2) is 0 Å². The van der Waals surface area contributed by atoms with E-state index in [1.807, 2.05) is 0 Å². The van der Waals surface area contributed by atoms with Crippen molar-refractivity contribution in [2.24, 2.45) is 0 Å². The highest BCUT2D eigenvalue weighted by Gasteiger charge is 2.32. The third-order valence-electron chi connectivity index (χ3n) is 3.24. The van der Waals surface area contributed by atoms with Crippen molar-refractivity contribution in [1.29, 1.82) is 0 Å². The molecule has 1 amide bonds. The second-order valence-electron chi connectivity index (χ2n) is 4.98. The number of amides is 1. The summed E-state index contributed by atoms with van der Waals surface area (Å²) in [5.41, 5.74) is -0.474. The SMILES string of the molecule is Cc1ccc(NC(=O)CC2CNCCO2)cc1C(F)(F)F. The minimum atomic E-state index is -4.43. The summed E-state index contributed by atoms with van der Waals surface area (Å²) in [6.07, 6.45) is -4.56. The van der Waals surface area contributed by atoms with Crippen molar-refractivity contribution in [1.82, 2.24) is 5.32 Å². The number of halogens is 3. The average Bonchev–Trinajstić information content (AvgIpc) is 2.41. The maximum atomic E-state index is 12.8. The minimum absolute atomic E-state index is 0.113. The van der Waals surface area contributed by atoms with Crippen LogP contribution in [0.4, 0.5) is 18.9 Å². The Morgan fingerprint density at radius 3 is 2.86 bits per heavy atom. The Bertz CT molecular complexity index is 511. The van der Waals surface area contributed by atoms with Gasteiger partial charge in [0.2, 0.25) is 5.91 Å². The molecule has 2 N–H and O–H groups in total. The number of morpholine rings is 1. The first-order valence-corrected chi connectivity index (χ1v) is 6.66. The zero-order chi connectivity index (χ0) is 15.5.